The van der Waals surface area contributed by atoms with Crippen LogP contribution < -0.4 is 10.2 Å². The van der Waals surface area contributed by atoms with Gasteiger partial charge >= 0.3 is 6.18 Å². The lowest BCUT2D eigenvalue weighted by Gasteiger charge is -2.28. The summed E-state index contributed by atoms with van der Waals surface area (Å²) in [6.07, 6.45) is -2.15. The van der Waals surface area contributed by atoms with Gasteiger partial charge in [-0.3, -0.25) is 9.59 Å². The molecule has 1 saturated heterocycles. The molecule has 0 bridgehead atoms. The molecule has 0 radical (unpaired) electrons. The zero-order chi connectivity index (χ0) is 19.6. The van der Waals surface area contributed by atoms with Crippen LogP contribution in [-0.4, -0.2) is 18.4 Å². The van der Waals surface area contributed by atoms with E-state index in [9.17, 15) is 22.8 Å². The zero-order valence-corrected chi connectivity index (χ0v) is 14.8. The predicted molar refractivity (Wildman–Crippen MR) is 96.8 cm³/mol. The quantitative estimate of drug-likeness (QED) is 0.838. The van der Waals surface area contributed by atoms with Crippen LogP contribution in [0.5, 0.6) is 0 Å². The lowest BCUT2D eigenvalue weighted by atomic mass is 10.1. The Morgan fingerprint density at radius 2 is 1.89 bits per heavy atom. The summed E-state index contributed by atoms with van der Waals surface area (Å²) in [6, 6.07) is 9.39. The molecular formula is C20H19F3N2O2. The van der Waals surface area contributed by atoms with Gasteiger partial charge in [0.25, 0.3) is 5.91 Å². The maximum atomic E-state index is 12.8. The van der Waals surface area contributed by atoms with Gasteiger partial charge in [-0.15, -0.1) is 0 Å². The summed E-state index contributed by atoms with van der Waals surface area (Å²) in [7, 11) is 0. The average molecular weight is 376 g/mol. The number of halogens is 3. The second kappa shape index (κ2) is 7.42. The fraction of sp³-hybridized carbons (Fsp3) is 0.300. The van der Waals surface area contributed by atoms with Crippen molar-refractivity contribution in [2.24, 2.45) is 0 Å². The van der Waals surface area contributed by atoms with E-state index in [-0.39, 0.29) is 11.5 Å². The third-order valence-electron chi connectivity index (χ3n) is 4.52. The Morgan fingerprint density at radius 1 is 1.11 bits per heavy atom. The molecule has 0 saturated carbocycles. The Bertz CT molecular complexity index is 878. The highest BCUT2D eigenvalue weighted by Crippen LogP contribution is 2.30. The van der Waals surface area contributed by atoms with Gasteiger partial charge in [-0.1, -0.05) is 6.07 Å². The van der Waals surface area contributed by atoms with Crippen LogP contribution >= 0.6 is 0 Å². The topological polar surface area (TPSA) is 49.4 Å². The van der Waals surface area contributed by atoms with Gasteiger partial charge in [0.05, 0.1) is 5.56 Å². The summed E-state index contributed by atoms with van der Waals surface area (Å²) in [4.78, 5) is 26.1. The number of nitrogens with zero attached hydrogens (tertiary/aromatic N) is 1. The Kier molecular flexibility index (Phi) is 5.21. The summed E-state index contributed by atoms with van der Waals surface area (Å²) in [5.74, 6) is -0.549. The van der Waals surface area contributed by atoms with Crippen molar-refractivity contribution in [3.05, 3.63) is 59.2 Å². The van der Waals surface area contributed by atoms with Gasteiger partial charge < -0.3 is 10.2 Å². The molecule has 0 aromatic heterocycles. The lowest BCUT2D eigenvalue weighted by Crippen LogP contribution is -2.35. The minimum atomic E-state index is -4.50. The van der Waals surface area contributed by atoms with Crippen molar-refractivity contribution in [2.75, 3.05) is 16.8 Å². The molecule has 0 aliphatic carbocycles. The highest BCUT2D eigenvalue weighted by Gasteiger charge is 2.31. The van der Waals surface area contributed by atoms with E-state index < -0.39 is 17.6 Å². The molecule has 0 atom stereocenters. The Labute approximate surface area is 155 Å². The molecule has 2 amide bonds. The van der Waals surface area contributed by atoms with Crippen molar-refractivity contribution in [1.29, 1.82) is 0 Å². The Balaban J connectivity index is 1.77. The smallest absolute Gasteiger partial charge is 0.322 e. The van der Waals surface area contributed by atoms with E-state index in [4.69, 9.17) is 0 Å². The molecule has 1 fully saturated rings. The normalized spacial score (nSPS) is 15.0. The molecule has 7 heteroatoms. The van der Waals surface area contributed by atoms with Crippen LogP contribution in [0.4, 0.5) is 24.5 Å². The van der Waals surface area contributed by atoms with Gasteiger partial charge in [-0.2, -0.15) is 13.2 Å². The number of nitrogens with one attached hydrogen (secondary N) is 1. The van der Waals surface area contributed by atoms with Gasteiger partial charge in [0.2, 0.25) is 5.91 Å². The predicted octanol–water partition coefficient (Wildman–Crippen LogP) is 4.78. The van der Waals surface area contributed by atoms with Crippen LogP contribution in [0.2, 0.25) is 0 Å². The number of hydrogen-bond donors (Lipinski definition) is 1. The van der Waals surface area contributed by atoms with Crippen LogP contribution in [0.15, 0.2) is 42.5 Å². The van der Waals surface area contributed by atoms with Gasteiger partial charge in [0.1, 0.15) is 0 Å². The van der Waals surface area contributed by atoms with Crippen molar-refractivity contribution < 1.29 is 22.8 Å². The summed E-state index contributed by atoms with van der Waals surface area (Å²) < 4.78 is 38.4. The van der Waals surface area contributed by atoms with Gasteiger partial charge in [0.15, 0.2) is 0 Å². The minimum absolute atomic E-state index is 0.0715. The van der Waals surface area contributed by atoms with E-state index in [1.807, 2.05) is 6.92 Å². The Morgan fingerprint density at radius 3 is 2.56 bits per heavy atom. The summed E-state index contributed by atoms with van der Waals surface area (Å²) in [5, 5.41) is 2.61. The van der Waals surface area contributed by atoms with Crippen LogP contribution in [0.25, 0.3) is 0 Å². The fourth-order valence-corrected chi connectivity index (χ4v) is 3.14. The van der Waals surface area contributed by atoms with E-state index in [1.165, 1.54) is 12.1 Å². The lowest BCUT2D eigenvalue weighted by molar-refractivity contribution is -0.137. The van der Waals surface area contributed by atoms with Crippen molar-refractivity contribution in [3.63, 3.8) is 0 Å². The number of carbonyl (C=O) groups excluding carboxylic acids is 2. The van der Waals surface area contributed by atoms with E-state index in [2.05, 4.69) is 5.32 Å². The molecule has 1 aliphatic heterocycles. The molecule has 142 valence electrons. The van der Waals surface area contributed by atoms with Gasteiger partial charge in [0, 0.05) is 29.9 Å². The molecule has 2 aromatic rings. The number of anilines is 2. The number of rotatable bonds is 3. The molecule has 2 aromatic carbocycles. The SMILES string of the molecule is Cc1cc(NC(=O)c2cccc(C(F)(F)F)c2)ccc1N1CCCCC1=O. The number of hydrogen-bond acceptors (Lipinski definition) is 2. The first-order chi connectivity index (χ1) is 12.8. The third kappa shape index (κ3) is 4.30. The molecular weight excluding hydrogens is 357 g/mol. The number of alkyl halides is 3. The Hall–Kier alpha value is -2.83. The van der Waals surface area contributed by atoms with Crippen LogP contribution in [0.3, 0.4) is 0 Å². The average Bonchev–Trinajstić information content (AvgIpc) is 2.62. The number of carbonyl (C=O) groups is 2. The van der Waals surface area contributed by atoms with E-state index in [0.29, 0.717) is 18.7 Å². The van der Waals surface area contributed by atoms with Gasteiger partial charge in [-0.05, 0) is 61.7 Å². The van der Waals surface area contributed by atoms with Gasteiger partial charge in [-0.25, -0.2) is 0 Å². The fourth-order valence-electron chi connectivity index (χ4n) is 3.14. The summed E-state index contributed by atoms with van der Waals surface area (Å²) in [5.41, 5.74) is 1.12. The minimum Gasteiger partial charge on any atom is -0.322 e. The maximum absolute atomic E-state index is 12.8. The first-order valence-corrected chi connectivity index (χ1v) is 8.65. The number of aryl methyl sites for hydroxylation is 1. The van der Waals surface area contributed by atoms with Crippen molar-refractivity contribution in [2.45, 2.75) is 32.4 Å². The summed E-state index contributed by atoms with van der Waals surface area (Å²) >= 11 is 0. The molecule has 3 rings (SSSR count). The second-order valence-corrected chi connectivity index (χ2v) is 6.54. The van der Waals surface area contributed by atoms with E-state index >= 15 is 0 Å². The number of piperidine rings is 1. The molecule has 1 aliphatic rings. The summed E-state index contributed by atoms with van der Waals surface area (Å²) in [6.45, 7) is 2.49. The second-order valence-electron chi connectivity index (χ2n) is 6.54. The van der Waals surface area contributed by atoms with Crippen LogP contribution in [-0.2, 0) is 11.0 Å². The zero-order valence-electron chi connectivity index (χ0n) is 14.8. The maximum Gasteiger partial charge on any atom is 0.416 e. The molecule has 27 heavy (non-hydrogen) atoms. The molecule has 0 unspecified atom stereocenters. The first kappa shape index (κ1) is 18.9. The van der Waals surface area contributed by atoms with Crippen LogP contribution in [0, 0.1) is 6.92 Å². The largest absolute Gasteiger partial charge is 0.416 e. The van der Waals surface area contributed by atoms with Crippen molar-refractivity contribution in [1.82, 2.24) is 0 Å². The number of benzene rings is 2. The third-order valence-corrected chi connectivity index (χ3v) is 4.52. The first-order valence-electron chi connectivity index (χ1n) is 8.65. The van der Waals surface area contributed by atoms with Crippen molar-refractivity contribution >= 4 is 23.2 Å². The van der Waals surface area contributed by atoms with Crippen molar-refractivity contribution in [3.8, 4) is 0 Å². The number of amides is 2. The molecule has 1 N–H and O–H groups in total. The van der Waals surface area contributed by atoms with Crippen LogP contribution in [0.1, 0.15) is 40.7 Å². The standard InChI is InChI=1S/C20H19F3N2O2/c1-13-11-16(8-9-17(13)25-10-3-2-7-18(25)26)24-19(27)14-5-4-6-15(12-14)20(21,22)23/h4-6,8-9,11-12H,2-3,7,10H2,1H3,(H,24,27). The monoisotopic (exact) mass is 376 g/mol. The molecule has 1 heterocycles. The van der Waals surface area contributed by atoms with E-state index in [0.717, 1.165) is 36.2 Å². The highest BCUT2D eigenvalue weighted by atomic mass is 19.4. The van der Waals surface area contributed by atoms with E-state index in [1.54, 1.807) is 23.1 Å². The molecule has 0 spiro atoms. The molecule has 4 nitrogen and oxygen atoms in total. The highest BCUT2D eigenvalue weighted by molar-refractivity contribution is 6.04.